The highest BCUT2D eigenvalue weighted by Crippen LogP contribution is 2.34. The number of nitrogens with one attached hydrogen (secondary N) is 2. The molecule has 0 aliphatic carbocycles. The van der Waals surface area contributed by atoms with Crippen LogP contribution in [-0.4, -0.2) is 57.7 Å². The van der Waals surface area contributed by atoms with Crippen molar-refractivity contribution >= 4 is 33.7 Å². The van der Waals surface area contributed by atoms with Gasteiger partial charge in [0.1, 0.15) is 16.8 Å². The van der Waals surface area contributed by atoms with E-state index in [4.69, 9.17) is 15.6 Å². The van der Waals surface area contributed by atoms with E-state index in [1.54, 1.807) is 14.0 Å². The van der Waals surface area contributed by atoms with Crippen molar-refractivity contribution in [3.05, 3.63) is 53.6 Å². The average molecular weight is 551 g/mol. The van der Waals surface area contributed by atoms with Crippen LogP contribution in [0, 0.1) is 5.92 Å². The van der Waals surface area contributed by atoms with Gasteiger partial charge in [-0.2, -0.15) is 4.98 Å². The van der Waals surface area contributed by atoms with Crippen LogP contribution >= 0.6 is 0 Å². The molecule has 0 fully saturated rings. The standard InChI is InChI=1S/C29H40N6O2.C2H6O/c1-5-6-14-31-28-27-26(33-29(30)34-28)22-9-7-8-10-24(22)35(27)18-21-16-20(11-12-25(21)37-4)17-32-23(13-15-36)19(2)3;1-2-3/h7-12,16,19,23,32,36H,5-6,13-15,17-18H2,1-4H3,(H3,30,31,33,34);3H,2H2,1H3/t23-;/m1./s1. The number of benzene rings is 2. The predicted octanol–water partition coefficient (Wildman–Crippen LogP) is 4.93. The van der Waals surface area contributed by atoms with Crippen LogP contribution in [0.4, 0.5) is 11.8 Å². The number of aliphatic hydroxyl groups excluding tert-OH is 2. The lowest BCUT2D eigenvalue weighted by Crippen LogP contribution is -2.34. The SMILES string of the molecule is CCCCNc1nc(N)nc2c3ccccc3n(Cc3cc(CN[C@H](CCO)C(C)C)ccc3OC)c12.CCO. The lowest BCUT2D eigenvalue weighted by molar-refractivity contribution is 0.244. The molecule has 1 atom stereocenters. The third-order valence-electron chi connectivity index (χ3n) is 6.93. The molecule has 4 rings (SSSR count). The Hall–Kier alpha value is -3.40. The van der Waals surface area contributed by atoms with Gasteiger partial charge < -0.3 is 35.9 Å². The number of nitrogens with zero attached hydrogens (tertiary/aromatic N) is 3. The van der Waals surface area contributed by atoms with Crippen LogP contribution in [-0.2, 0) is 13.1 Å². The van der Waals surface area contributed by atoms with Gasteiger partial charge in [0.05, 0.1) is 19.2 Å². The number of ether oxygens (including phenoxy) is 1. The third kappa shape index (κ3) is 7.62. The molecule has 0 unspecified atom stereocenters. The molecular weight excluding hydrogens is 504 g/mol. The van der Waals surface area contributed by atoms with Crippen molar-refractivity contribution in [2.75, 3.05) is 37.9 Å². The Balaban J connectivity index is 0.00000141. The predicted molar refractivity (Wildman–Crippen MR) is 165 cm³/mol. The summed E-state index contributed by atoms with van der Waals surface area (Å²) in [7, 11) is 1.71. The third-order valence-corrected chi connectivity index (χ3v) is 6.93. The highest BCUT2D eigenvalue weighted by molar-refractivity contribution is 6.09. The van der Waals surface area contributed by atoms with E-state index in [0.717, 1.165) is 71.4 Å². The van der Waals surface area contributed by atoms with Gasteiger partial charge in [-0.25, -0.2) is 4.98 Å². The van der Waals surface area contributed by atoms with Crippen molar-refractivity contribution in [3.8, 4) is 5.75 Å². The number of nitrogens with two attached hydrogens (primary N) is 1. The smallest absolute Gasteiger partial charge is 0.222 e. The van der Waals surface area contributed by atoms with Crippen molar-refractivity contribution in [2.24, 2.45) is 5.92 Å². The zero-order valence-corrected chi connectivity index (χ0v) is 24.6. The summed E-state index contributed by atoms with van der Waals surface area (Å²) in [6.45, 7) is 10.8. The van der Waals surface area contributed by atoms with Crippen LogP contribution < -0.4 is 21.1 Å². The van der Waals surface area contributed by atoms with Crippen LogP contribution in [0.15, 0.2) is 42.5 Å². The number of para-hydroxylation sites is 1. The van der Waals surface area contributed by atoms with E-state index in [-0.39, 0.29) is 25.2 Å². The van der Waals surface area contributed by atoms with Gasteiger partial charge in [-0.1, -0.05) is 51.5 Å². The molecule has 2 aromatic heterocycles. The van der Waals surface area contributed by atoms with E-state index in [0.29, 0.717) is 12.5 Å². The lowest BCUT2D eigenvalue weighted by Gasteiger charge is -2.22. The van der Waals surface area contributed by atoms with E-state index in [1.165, 1.54) is 5.56 Å². The molecule has 0 saturated heterocycles. The Morgan fingerprint density at radius 2 is 1.82 bits per heavy atom. The number of hydrogen-bond acceptors (Lipinski definition) is 8. The maximum absolute atomic E-state index is 9.44. The quantitative estimate of drug-likeness (QED) is 0.148. The maximum atomic E-state index is 9.44. The molecule has 0 saturated carbocycles. The molecule has 0 bridgehead atoms. The summed E-state index contributed by atoms with van der Waals surface area (Å²) in [6.07, 6.45) is 2.87. The van der Waals surface area contributed by atoms with Crippen molar-refractivity contribution < 1.29 is 14.9 Å². The van der Waals surface area contributed by atoms with Crippen molar-refractivity contribution in [3.63, 3.8) is 0 Å². The highest BCUT2D eigenvalue weighted by Gasteiger charge is 2.19. The fourth-order valence-electron chi connectivity index (χ4n) is 4.91. The summed E-state index contributed by atoms with van der Waals surface area (Å²) in [5, 5.41) is 25.2. The number of hydrogen-bond donors (Lipinski definition) is 5. The molecule has 0 amide bonds. The number of unbranched alkanes of at least 4 members (excludes halogenated alkanes) is 1. The zero-order valence-electron chi connectivity index (χ0n) is 24.6. The monoisotopic (exact) mass is 550 g/mol. The first-order valence-electron chi connectivity index (χ1n) is 14.3. The molecule has 40 heavy (non-hydrogen) atoms. The second-order valence-electron chi connectivity index (χ2n) is 10.2. The molecule has 2 aromatic carbocycles. The number of rotatable bonds is 13. The van der Waals surface area contributed by atoms with Crippen LogP contribution in [0.5, 0.6) is 5.75 Å². The molecule has 2 heterocycles. The van der Waals surface area contributed by atoms with Crippen molar-refractivity contribution in [1.29, 1.82) is 0 Å². The molecule has 0 aliphatic rings. The Labute approximate surface area is 237 Å². The van der Waals surface area contributed by atoms with Gasteiger partial charge in [-0.05, 0) is 49.4 Å². The van der Waals surface area contributed by atoms with E-state index >= 15 is 0 Å². The summed E-state index contributed by atoms with van der Waals surface area (Å²) < 4.78 is 8.03. The summed E-state index contributed by atoms with van der Waals surface area (Å²) in [5.41, 5.74) is 11.2. The summed E-state index contributed by atoms with van der Waals surface area (Å²) >= 11 is 0. The van der Waals surface area contributed by atoms with Gasteiger partial charge >= 0.3 is 0 Å². The van der Waals surface area contributed by atoms with E-state index in [2.05, 4.69) is 70.2 Å². The molecular formula is C31H46N6O3. The minimum atomic E-state index is 0.179. The van der Waals surface area contributed by atoms with E-state index in [9.17, 15) is 5.11 Å². The lowest BCUT2D eigenvalue weighted by atomic mass is 10.0. The van der Waals surface area contributed by atoms with Crippen LogP contribution in [0.2, 0.25) is 0 Å². The van der Waals surface area contributed by atoms with Crippen LogP contribution in [0.1, 0.15) is 58.1 Å². The first kappa shape index (κ1) is 31.1. The Morgan fingerprint density at radius 1 is 1.07 bits per heavy atom. The van der Waals surface area contributed by atoms with Gasteiger partial charge in [0, 0.05) is 43.3 Å². The summed E-state index contributed by atoms with van der Waals surface area (Å²) in [5.74, 6) is 2.30. The van der Waals surface area contributed by atoms with Gasteiger partial charge in [-0.3, -0.25) is 0 Å². The van der Waals surface area contributed by atoms with E-state index < -0.39 is 0 Å². The van der Waals surface area contributed by atoms with Gasteiger partial charge in [0.25, 0.3) is 0 Å². The number of aromatic nitrogens is 3. The van der Waals surface area contributed by atoms with Crippen LogP contribution in [0.3, 0.4) is 0 Å². The molecule has 4 aromatic rings. The first-order chi connectivity index (χ1) is 19.4. The first-order valence-corrected chi connectivity index (χ1v) is 14.3. The molecule has 0 radical (unpaired) electrons. The second kappa shape index (κ2) is 15.4. The van der Waals surface area contributed by atoms with Gasteiger partial charge in [0.15, 0.2) is 5.82 Å². The topological polar surface area (TPSA) is 130 Å². The van der Waals surface area contributed by atoms with Gasteiger partial charge in [-0.15, -0.1) is 0 Å². The Bertz CT molecular complexity index is 1350. The number of anilines is 2. The molecule has 0 spiro atoms. The summed E-state index contributed by atoms with van der Waals surface area (Å²) in [4.78, 5) is 9.23. The molecule has 9 heteroatoms. The molecule has 9 nitrogen and oxygen atoms in total. The van der Waals surface area contributed by atoms with Gasteiger partial charge in [0.2, 0.25) is 5.95 Å². The largest absolute Gasteiger partial charge is 0.496 e. The fourth-order valence-corrected chi connectivity index (χ4v) is 4.91. The number of nitrogen functional groups attached to an aromatic ring is 1. The number of aliphatic hydroxyl groups is 2. The fraction of sp³-hybridized carbons (Fsp3) is 0.484. The molecule has 0 aliphatic heterocycles. The average Bonchev–Trinajstić information content (AvgIpc) is 3.24. The summed E-state index contributed by atoms with van der Waals surface area (Å²) in [6, 6.07) is 14.9. The number of methoxy groups -OCH3 is 1. The normalized spacial score (nSPS) is 12.0. The second-order valence-corrected chi connectivity index (χ2v) is 10.2. The van der Waals surface area contributed by atoms with Crippen molar-refractivity contribution in [1.82, 2.24) is 19.9 Å². The molecule has 218 valence electrons. The number of fused-ring (bicyclic) bond motifs is 3. The Morgan fingerprint density at radius 3 is 2.50 bits per heavy atom. The van der Waals surface area contributed by atoms with Crippen molar-refractivity contribution in [2.45, 2.75) is 66.1 Å². The minimum absolute atomic E-state index is 0.179. The Kier molecular flexibility index (Phi) is 12.0. The zero-order chi connectivity index (χ0) is 29.1. The maximum Gasteiger partial charge on any atom is 0.222 e. The van der Waals surface area contributed by atoms with E-state index in [1.807, 2.05) is 18.2 Å². The minimum Gasteiger partial charge on any atom is -0.496 e. The highest BCUT2D eigenvalue weighted by atomic mass is 16.5. The molecule has 6 N–H and O–H groups in total. The van der Waals surface area contributed by atoms with Crippen LogP contribution in [0.25, 0.3) is 21.9 Å².